The van der Waals surface area contributed by atoms with E-state index in [9.17, 15) is 0 Å². The molecule has 1 aromatic carbocycles. The van der Waals surface area contributed by atoms with E-state index >= 15 is 0 Å². The quantitative estimate of drug-likeness (QED) is 0.386. The maximum Gasteiger partial charge on any atom is 0.191 e. The highest BCUT2D eigenvalue weighted by Gasteiger charge is 2.06. The molecule has 0 fully saturated rings. The molecule has 0 radical (unpaired) electrons. The minimum absolute atomic E-state index is 0.559. The van der Waals surface area contributed by atoms with Crippen molar-refractivity contribution in [2.24, 2.45) is 4.99 Å². The van der Waals surface area contributed by atoms with E-state index in [1.54, 1.807) is 6.33 Å². The van der Waals surface area contributed by atoms with Gasteiger partial charge < -0.3 is 24.8 Å². The molecular weight excluding hydrogens is 378 g/mol. The van der Waals surface area contributed by atoms with Gasteiger partial charge in [0.2, 0.25) is 0 Å². The fourth-order valence-electron chi connectivity index (χ4n) is 3.14. The first kappa shape index (κ1) is 23.7. The molecule has 2 N–H and O–H groups in total. The number of hydrogen-bond acceptors (Lipinski definition) is 5. The summed E-state index contributed by atoms with van der Waals surface area (Å²) < 4.78 is 8.12. The fraction of sp³-hybridized carbons (Fsp3) is 0.591. The Hall–Kier alpha value is -2.61. The zero-order valence-electron chi connectivity index (χ0n) is 18.9. The summed E-state index contributed by atoms with van der Waals surface area (Å²) in [5.41, 5.74) is 1.08. The molecule has 8 nitrogen and oxygen atoms in total. The Morgan fingerprint density at radius 3 is 2.67 bits per heavy atom. The average Bonchev–Trinajstić information content (AvgIpc) is 3.23. The third-order valence-corrected chi connectivity index (χ3v) is 4.94. The Labute approximate surface area is 180 Å². The van der Waals surface area contributed by atoms with Gasteiger partial charge in [0.05, 0.1) is 6.54 Å². The Bertz CT molecular complexity index is 755. The molecule has 166 valence electrons. The van der Waals surface area contributed by atoms with Gasteiger partial charge in [-0.15, -0.1) is 10.2 Å². The summed E-state index contributed by atoms with van der Waals surface area (Å²) in [6, 6.07) is 8.13. The number of benzene rings is 1. The topological polar surface area (TPSA) is 79.6 Å². The number of guanidine groups is 1. The summed E-state index contributed by atoms with van der Waals surface area (Å²) in [6.45, 7) is 15.1. The largest absolute Gasteiger partial charge is 0.492 e. The van der Waals surface area contributed by atoms with Crippen LogP contribution in [0.25, 0.3) is 0 Å². The molecule has 1 heterocycles. The molecule has 2 rings (SSSR count). The summed E-state index contributed by atoms with van der Waals surface area (Å²) in [6.07, 6.45) is 2.65. The molecule has 2 aromatic rings. The highest BCUT2D eigenvalue weighted by Crippen LogP contribution is 2.18. The highest BCUT2D eigenvalue weighted by atomic mass is 16.5. The molecule has 30 heavy (non-hydrogen) atoms. The van der Waals surface area contributed by atoms with Crippen LogP contribution in [0.1, 0.15) is 39.1 Å². The summed E-state index contributed by atoms with van der Waals surface area (Å²) in [7, 11) is 0. The first-order valence-electron chi connectivity index (χ1n) is 11.0. The Morgan fingerprint density at radius 1 is 1.13 bits per heavy atom. The maximum atomic E-state index is 6.05. The molecule has 0 saturated heterocycles. The number of nitrogens with one attached hydrogen (secondary N) is 2. The highest BCUT2D eigenvalue weighted by molar-refractivity contribution is 5.79. The van der Waals surface area contributed by atoms with E-state index in [2.05, 4.69) is 64.1 Å². The van der Waals surface area contributed by atoms with Crippen molar-refractivity contribution in [3.05, 3.63) is 42.0 Å². The lowest BCUT2D eigenvalue weighted by atomic mass is 10.2. The Kier molecular flexibility index (Phi) is 10.7. The Balaban J connectivity index is 1.91. The van der Waals surface area contributed by atoms with Crippen LogP contribution < -0.4 is 15.4 Å². The SMILES string of the molecule is CCNC(=NCc1ccccc1OCCN(CC)CC)NCCn1cnnc1CC. The van der Waals surface area contributed by atoms with Gasteiger partial charge in [0.15, 0.2) is 5.96 Å². The van der Waals surface area contributed by atoms with Crippen LogP contribution >= 0.6 is 0 Å². The first-order chi connectivity index (χ1) is 14.7. The molecule has 0 unspecified atom stereocenters. The van der Waals surface area contributed by atoms with Crippen LogP contribution in [-0.4, -0.2) is 65.0 Å². The lowest BCUT2D eigenvalue weighted by molar-refractivity contribution is 0.221. The van der Waals surface area contributed by atoms with Gasteiger partial charge in [-0.05, 0) is 26.1 Å². The normalized spacial score (nSPS) is 11.7. The predicted octanol–water partition coefficient (Wildman–Crippen LogP) is 2.32. The van der Waals surface area contributed by atoms with Crippen molar-refractivity contribution in [2.45, 2.75) is 47.2 Å². The summed E-state index contributed by atoms with van der Waals surface area (Å²) in [4.78, 5) is 7.10. The monoisotopic (exact) mass is 415 g/mol. The van der Waals surface area contributed by atoms with E-state index in [0.29, 0.717) is 13.2 Å². The second-order valence-corrected chi connectivity index (χ2v) is 6.90. The number of aliphatic imine (C=N–C) groups is 1. The van der Waals surface area contributed by atoms with Gasteiger partial charge in [-0.3, -0.25) is 0 Å². The van der Waals surface area contributed by atoms with E-state index in [-0.39, 0.29) is 0 Å². The second kappa shape index (κ2) is 13.6. The van der Waals surface area contributed by atoms with E-state index in [0.717, 1.165) is 68.8 Å². The number of para-hydroxylation sites is 1. The van der Waals surface area contributed by atoms with Gasteiger partial charge >= 0.3 is 0 Å². The number of aryl methyl sites for hydroxylation is 1. The first-order valence-corrected chi connectivity index (χ1v) is 11.0. The van der Waals surface area contributed by atoms with Crippen molar-refractivity contribution in [1.82, 2.24) is 30.3 Å². The van der Waals surface area contributed by atoms with Gasteiger partial charge in [0, 0.05) is 38.2 Å². The molecular formula is C22H37N7O. The van der Waals surface area contributed by atoms with Gasteiger partial charge in [0.25, 0.3) is 0 Å². The smallest absolute Gasteiger partial charge is 0.191 e. The molecule has 1 aromatic heterocycles. The zero-order valence-corrected chi connectivity index (χ0v) is 18.9. The van der Waals surface area contributed by atoms with Crippen molar-refractivity contribution < 1.29 is 4.74 Å². The standard InChI is InChI=1S/C22H37N7O/c1-5-21-27-26-18-29(21)14-13-24-22(23-6-2)25-17-19-11-9-10-12-20(19)30-16-15-28(7-3)8-4/h9-12,18H,5-8,13-17H2,1-4H3,(H2,23,24,25). The van der Waals surface area contributed by atoms with Gasteiger partial charge in [-0.2, -0.15) is 0 Å². The van der Waals surface area contributed by atoms with Crippen molar-refractivity contribution in [2.75, 3.05) is 39.3 Å². The summed E-state index contributed by atoms with van der Waals surface area (Å²) >= 11 is 0. The third-order valence-electron chi connectivity index (χ3n) is 4.94. The number of hydrogen-bond donors (Lipinski definition) is 2. The molecule has 0 aliphatic carbocycles. The Morgan fingerprint density at radius 2 is 1.93 bits per heavy atom. The van der Waals surface area contributed by atoms with Crippen molar-refractivity contribution >= 4 is 5.96 Å². The molecule has 0 atom stereocenters. The number of nitrogens with zero attached hydrogens (tertiary/aromatic N) is 5. The number of rotatable bonds is 13. The third kappa shape index (κ3) is 7.67. The van der Waals surface area contributed by atoms with Crippen LogP contribution in [0.3, 0.4) is 0 Å². The summed E-state index contributed by atoms with van der Waals surface area (Å²) in [5.74, 6) is 2.69. The molecule has 0 bridgehead atoms. The predicted molar refractivity (Wildman–Crippen MR) is 122 cm³/mol. The second-order valence-electron chi connectivity index (χ2n) is 6.90. The minimum Gasteiger partial charge on any atom is -0.492 e. The van der Waals surface area contributed by atoms with E-state index in [1.807, 2.05) is 18.2 Å². The van der Waals surface area contributed by atoms with Crippen LogP contribution in [0.4, 0.5) is 0 Å². The molecule has 8 heteroatoms. The van der Waals surface area contributed by atoms with Crippen LogP contribution in [0.15, 0.2) is 35.6 Å². The number of ether oxygens (including phenoxy) is 1. The molecule has 0 aliphatic rings. The van der Waals surface area contributed by atoms with E-state index in [1.165, 1.54) is 0 Å². The number of aromatic nitrogens is 3. The molecule has 0 aliphatic heterocycles. The van der Waals surface area contributed by atoms with Crippen LogP contribution in [0.5, 0.6) is 5.75 Å². The molecule has 0 saturated carbocycles. The van der Waals surface area contributed by atoms with Crippen LogP contribution in [0, 0.1) is 0 Å². The van der Waals surface area contributed by atoms with Gasteiger partial charge in [0.1, 0.15) is 24.5 Å². The van der Waals surface area contributed by atoms with Gasteiger partial charge in [-0.25, -0.2) is 4.99 Å². The molecule has 0 spiro atoms. The van der Waals surface area contributed by atoms with Crippen molar-refractivity contribution in [1.29, 1.82) is 0 Å². The summed E-state index contributed by atoms with van der Waals surface area (Å²) in [5, 5.41) is 14.8. The van der Waals surface area contributed by atoms with Crippen LogP contribution in [0.2, 0.25) is 0 Å². The average molecular weight is 416 g/mol. The van der Waals surface area contributed by atoms with Crippen molar-refractivity contribution in [3.63, 3.8) is 0 Å². The van der Waals surface area contributed by atoms with E-state index < -0.39 is 0 Å². The minimum atomic E-state index is 0.559. The van der Waals surface area contributed by atoms with Gasteiger partial charge in [-0.1, -0.05) is 39.0 Å². The maximum absolute atomic E-state index is 6.05. The van der Waals surface area contributed by atoms with E-state index in [4.69, 9.17) is 9.73 Å². The lowest BCUT2D eigenvalue weighted by Gasteiger charge is -2.19. The zero-order chi connectivity index (χ0) is 21.6. The number of likely N-dealkylation sites (N-methyl/N-ethyl adjacent to an activating group) is 1. The fourth-order valence-corrected chi connectivity index (χ4v) is 3.14. The lowest BCUT2D eigenvalue weighted by Crippen LogP contribution is -2.39. The van der Waals surface area contributed by atoms with Crippen LogP contribution in [-0.2, 0) is 19.5 Å². The van der Waals surface area contributed by atoms with Crippen molar-refractivity contribution in [3.8, 4) is 5.75 Å². The molecule has 0 amide bonds.